The van der Waals surface area contributed by atoms with Gasteiger partial charge in [0.05, 0.1) is 7.11 Å². The number of hydrogen-bond donors (Lipinski definition) is 1. The molecule has 0 atom stereocenters. The van der Waals surface area contributed by atoms with Crippen molar-refractivity contribution in [2.45, 2.75) is 4.90 Å². The van der Waals surface area contributed by atoms with Gasteiger partial charge in [-0.25, -0.2) is 0 Å². The minimum absolute atomic E-state index is 0.351. The zero-order valence-electron chi connectivity index (χ0n) is 7.90. The second-order valence-corrected chi connectivity index (χ2v) is 4.74. The number of benzene rings is 1. The highest BCUT2D eigenvalue weighted by Gasteiger charge is 2.07. The third kappa shape index (κ3) is 1.55. The van der Waals surface area contributed by atoms with Crippen LogP contribution in [0.15, 0.2) is 23.1 Å². The summed E-state index contributed by atoms with van der Waals surface area (Å²) in [7, 11) is 1.65. The molecule has 0 amide bonds. The fourth-order valence-corrected chi connectivity index (χ4v) is 2.90. The minimum Gasteiger partial charge on any atom is -0.499 e. The molecule has 0 fully saturated rings. The van der Waals surface area contributed by atoms with Crippen molar-refractivity contribution in [3.05, 3.63) is 18.2 Å². The second-order valence-electron chi connectivity index (χ2n) is 2.83. The van der Waals surface area contributed by atoms with Crippen molar-refractivity contribution in [3.8, 4) is 10.8 Å². The predicted molar refractivity (Wildman–Crippen MR) is 61.8 cm³/mol. The van der Waals surface area contributed by atoms with Crippen molar-refractivity contribution in [2.75, 3.05) is 13.4 Å². The fraction of sp³-hybridized carbons (Fsp3) is 0.200. The lowest BCUT2D eigenvalue weighted by molar-refractivity contribution is 0.414. The Kier molecular flexibility index (Phi) is 2.56. The van der Waals surface area contributed by atoms with Gasteiger partial charge in [-0.05, 0) is 18.4 Å². The topological polar surface area (TPSA) is 29.5 Å². The van der Waals surface area contributed by atoms with Crippen LogP contribution in [-0.2, 0) is 0 Å². The Balaban J connectivity index is 2.72. The largest absolute Gasteiger partial charge is 0.499 e. The summed E-state index contributed by atoms with van der Waals surface area (Å²) in [5, 5.41) is 10.9. The predicted octanol–water partition coefficient (Wildman–Crippen LogP) is 3.34. The highest BCUT2D eigenvalue weighted by atomic mass is 32.2. The maximum Gasteiger partial charge on any atom is 0.172 e. The van der Waals surface area contributed by atoms with E-state index in [0.717, 1.165) is 20.7 Å². The molecule has 0 bridgehead atoms. The summed E-state index contributed by atoms with van der Waals surface area (Å²) in [6.45, 7) is 0. The summed E-state index contributed by atoms with van der Waals surface area (Å²) in [5.41, 5.74) is 0. The fourth-order valence-electron chi connectivity index (χ4n) is 1.36. The van der Waals surface area contributed by atoms with Crippen LogP contribution in [0.5, 0.6) is 10.8 Å². The van der Waals surface area contributed by atoms with Crippen molar-refractivity contribution in [1.29, 1.82) is 0 Å². The molecule has 0 saturated heterocycles. The van der Waals surface area contributed by atoms with Gasteiger partial charge in [-0.15, -0.1) is 11.8 Å². The highest BCUT2D eigenvalue weighted by Crippen LogP contribution is 2.38. The van der Waals surface area contributed by atoms with Crippen molar-refractivity contribution < 1.29 is 9.84 Å². The molecule has 1 heterocycles. The number of methoxy groups -OCH3 is 1. The summed E-state index contributed by atoms with van der Waals surface area (Å²) < 4.78 is 6.25. The van der Waals surface area contributed by atoms with Crippen LogP contribution in [0.25, 0.3) is 10.1 Å². The van der Waals surface area contributed by atoms with Gasteiger partial charge in [0.2, 0.25) is 0 Å². The molecule has 0 saturated carbocycles. The number of thioether (sulfide) groups is 1. The molecule has 2 rings (SSSR count). The van der Waals surface area contributed by atoms with Gasteiger partial charge in [0.15, 0.2) is 5.06 Å². The van der Waals surface area contributed by atoms with Gasteiger partial charge in [0, 0.05) is 21.0 Å². The van der Waals surface area contributed by atoms with Gasteiger partial charge < -0.3 is 9.84 Å². The summed E-state index contributed by atoms with van der Waals surface area (Å²) in [5.74, 6) is 0.837. The lowest BCUT2D eigenvalue weighted by atomic mass is 10.2. The van der Waals surface area contributed by atoms with Crippen LogP contribution in [-0.4, -0.2) is 18.5 Å². The molecule has 14 heavy (non-hydrogen) atoms. The Bertz CT molecular complexity index is 462. The quantitative estimate of drug-likeness (QED) is 0.796. The van der Waals surface area contributed by atoms with Gasteiger partial charge in [0.25, 0.3) is 0 Å². The van der Waals surface area contributed by atoms with Crippen LogP contribution in [0, 0.1) is 0 Å². The number of thiophene rings is 1. The monoisotopic (exact) mass is 226 g/mol. The lowest BCUT2D eigenvalue weighted by Gasteiger charge is -2.03. The van der Waals surface area contributed by atoms with Crippen LogP contribution < -0.4 is 4.74 Å². The molecule has 1 N–H and O–H groups in total. The van der Waals surface area contributed by atoms with Gasteiger partial charge >= 0.3 is 0 Å². The van der Waals surface area contributed by atoms with E-state index in [1.807, 2.05) is 18.4 Å². The first-order valence-electron chi connectivity index (χ1n) is 4.09. The molecule has 2 aromatic rings. The van der Waals surface area contributed by atoms with Gasteiger partial charge in [-0.1, -0.05) is 11.3 Å². The number of hydrogen-bond acceptors (Lipinski definition) is 4. The van der Waals surface area contributed by atoms with E-state index in [4.69, 9.17) is 4.74 Å². The van der Waals surface area contributed by atoms with E-state index >= 15 is 0 Å². The van der Waals surface area contributed by atoms with Crippen LogP contribution in [0.2, 0.25) is 0 Å². The molecule has 1 aromatic heterocycles. The van der Waals surface area contributed by atoms with E-state index in [2.05, 4.69) is 0 Å². The first-order valence-corrected chi connectivity index (χ1v) is 6.13. The SMILES string of the molecule is COc1cc(SC)c2cc(O)sc2c1. The van der Waals surface area contributed by atoms with Crippen LogP contribution in [0.3, 0.4) is 0 Å². The molecule has 0 radical (unpaired) electrons. The lowest BCUT2D eigenvalue weighted by Crippen LogP contribution is -1.82. The van der Waals surface area contributed by atoms with Crippen molar-refractivity contribution in [2.24, 2.45) is 0 Å². The Morgan fingerprint density at radius 2 is 2.14 bits per heavy atom. The molecular weight excluding hydrogens is 216 g/mol. The van der Waals surface area contributed by atoms with E-state index in [1.165, 1.54) is 11.3 Å². The smallest absolute Gasteiger partial charge is 0.172 e. The summed E-state index contributed by atoms with van der Waals surface area (Å²) >= 11 is 3.03. The average molecular weight is 226 g/mol. The molecular formula is C10H10O2S2. The van der Waals surface area contributed by atoms with Gasteiger partial charge in [-0.2, -0.15) is 0 Å². The normalized spacial score (nSPS) is 10.7. The Labute approximate surface area is 90.5 Å². The van der Waals surface area contributed by atoms with Crippen molar-refractivity contribution in [1.82, 2.24) is 0 Å². The van der Waals surface area contributed by atoms with Crippen LogP contribution in [0.4, 0.5) is 0 Å². The Morgan fingerprint density at radius 1 is 1.36 bits per heavy atom. The third-order valence-electron chi connectivity index (χ3n) is 2.02. The third-order valence-corrected chi connectivity index (χ3v) is 3.68. The van der Waals surface area contributed by atoms with E-state index in [-0.39, 0.29) is 0 Å². The zero-order chi connectivity index (χ0) is 10.1. The first kappa shape index (κ1) is 9.68. The molecule has 0 aliphatic carbocycles. The Morgan fingerprint density at radius 3 is 2.79 bits per heavy atom. The molecule has 0 aliphatic heterocycles. The first-order chi connectivity index (χ1) is 6.74. The molecule has 0 unspecified atom stereocenters. The zero-order valence-corrected chi connectivity index (χ0v) is 9.54. The van der Waals surface area contributed by atoms with Crippen LogP contribution >= 0.6 is 23.1 Å². The molecule has 74 valence electrons. The summed E-state index contributed by atoms with van der Waals surface area (Å²) in [6, 6.07) is 5.73. The molecule has 0 aliphatic rings. The summed E-state index contributed by atoms with van der Waals surface area (Å²) in [4.78, 5) is 1.14. The van der Waals surface area contributed by atoms with Crippen LogP contribution in [0.1, 0.15) is 0 Å². The highest BCUT2D eigenvalue weighted by molar-refractivity contribution is 7.98. The maximum absolute atomic E-state index is 9.41. The van der Waals surface area contributed by atoms with Crippen molar-refractivity contribution >= 4 is 33.2 Å². The van der Waals surface area contributed by atoms with E-state index in [0.29, 0.717) is 5.06 Å². The number of aromatic hydroxyl groups is 1. The number of rotatable bonds is 2. The Hall–Kier alpha value is -0.870. The van der Waals surface area contributed by atoms with E-state index < -0.39 is 0 Å². The standard InChI is InChI=1S/C10H10O2S2/c1-12-6-3-8(13-2)7-5-10(11)14-9(7)4-6/h3-5,11H,1-2H3. The average Bonchev–Trinajstić information content (AvgIpc) is 2.56. The second kappa shape index (κ2) is 3.71. The summed E-state index contributed by atoms with van der Waals surface area (Å²) in [6.07, 6.45) is 2.02. The minimum atomic E-state index is 0.351. The van der Waals surface area contributed by atoms with E-state index in [1.54, 1.807) is 24.9 Å². The van der Waals surface area contributed by atoms with Crippen molar-refractivity contribution in [3.63, 3.8) is 0 Å². The molecule has 2 nitrogen and oxygen atoms in total. The van der Waals surface area contributed by atoms with Gasteiger partial charge in [-0.3, -0.25) is 0 Å². The maximum atomic E-state index is 9.41. The van der Waals surface area contributed by atoms with E-state index in [9.17, 15) is 5.11 Å². The molecule has 4 heteroatoms. The molecule has 0 spiro atoms. The van der Waals surface area contributed by atoms with Gasteiger partial charge in [0.1, 0.15) is 5.75 Å². The molecule has 1 aromatic carbocycles. The number of ether oxygens (including phenoxy) is 1. The number of fused-ring (bicyclic) bond motifs is 1.